The van der Waals surface area contributed by atoms with Crippen molar-refractivity contribution < 1.29 is 4.52 Å². The van der Waals surface area contributed by atoms with E-state index in [1.165, 1.54) is 5.56 Å². The van der Waals surface area contributed by atoms with Crippen LogP contribution in [0, 0.1) is 6.92 Å². The van der Waals surface area contributed by atoms with Crippen LogP contribution in [0.4, 0.5) is 0 Å². The summed E-state index contributed by atoms with van der Waals surface area (Å²) in [4.78, 5) is 16.9. The predicted octanol–water partition coefficient (Wildman–Crippen LogP) is 1.93. The van der Waals surface area contributed by atoms with Crippen LogP contribution in [0.1, 0.15) is 29.3 Å². The Morgan fingerprint density at radius 3 is 3.09 bits per heavy atom. The van der Waals surface area contributed by atoms with Crippen molar-refractivity contribution in [1.29, 1.82) is 0 Å². The number of rotatable bonds is 4. The Hall–Kier alpha value is -2.47. The molecule has 2 aromatic heterocycles. The summed E-state index contributed by atoms with van der Waals surface area (Å²) in [5, 5.41) is 8.10. The molecule has 0 radical (unpaired) electrons. The number of hydrogen-bond acceptors (Lipinski definition) is 5. The summed E-state index contributed by atoms with van der Waals surface area (Å²) in [5.41, 5.74) is 3.23. The third-order valence-corrected chi connectivity index (χ3v) is 4.26. The number of para-hydroxylation sites is 1. The van der Waals surface area contributed by atoms with Gasteiger partial charge in [-0.25, -0.2) is 0 Å². The van der Waals surface area contributed by atoms with E-state index in [-0.39, 0.29) is 5.56 Å². The smallest absolute Gasteiger partial charge is 0.255 e. The fourth-order valence-corrected chi connectivity index (χ4v) is 3.27. The molecule has 23 heavy (non-hydrogen) atoms. The van der Waals surface area contributed by atoms with E-state index in [2.05, 4.69) is 33.7 Å². The van der Waals surface area contributed by atoms with Crippen LogP contribution in [0.15, 0.2) is 33.6 Å². The minimum atomic E-state index is 0.0962. The normalized spacial score (nSPS) is 13.6. The number of hydrogen-bond donors (Lipinski definition) is 1. The summed E-state index contributed by atoms with van der Waals surface area (Å²) in [5.74, 6) is 1.15. The van der Waals surface area contributed by atoms with E-state index in [4.69, 9.17) is 4.52 Å². The average Bonchev–Trinajstić information content (AvgIpc) is 2.97. The predicted molar refractivity (Wildman–Crippen MR) is 86.1 cm³/mol. The molecule has 1 aromatic carbocycles. The standard InChI is InChI=1S/C17H18N4O2/c1-11-19-15(23-20-11)10-18-9-14-8-13-5-2-4-12-6-3-7-21(16(12)13)17(14)22/h2,4-5,8,18H,3,6-7,9-10H2,1H3. The zero-order chi connectivity index (χ0) is 15.8. The van der Waals surface area contributed by atoms with Crippen LogP contribution in [0.3, 0.4) is 0 Å². The van der Waals surface area contributed by atoms with Crippen molar-refractivity contribution in [3.8, 4) is 0 Å². The van der Waals surface area contributed by atoms with Crippen molar-refractivity contribution in [1.82, 2.24) is 20.0 Å². The van der Waals surface area contributed by atoms with Crippen LogP contribution in [0.2, 0.25) is 0 Å². The Balaban J connectivity index is 1.63. The molecule has 0 bridgehead atoms. The molecule has 0 amide bonds. The highest BCUT2D eigenvalue weighted by molar-refractivity contribution is 5.83. The van der Waals surface area contributed by atoms with Gasteiger partial charge in [0.25, 0.3) is 5.56 Å². The third kappa shape index (κ3) is 2.55. The van der Waals surface area contributed by atoms with Gasteiger partial charge in [-0.2, -0.15) is 4.98 Å². The second kappa shape index (κ2) is 5.62. The van der Waals surface area contributed by atoms with Gasteiger partial charge in [0.2, 0.25) is 5.89 Å². The first-order valence-corrected chi connectivity index (χ1v) is 7.86. The Morgan fingerprint density at radius 1 is 1.35 bits per heavy atom. The molecule has 0 fully saturated rings. The summed E-state index contributed by atoms with van der Waals surface area (Å²) < 4.78 is 6.98. The summed E-state index contributed by atoms with van der Waals surface area (Å²) >= 11 is 0. The van der Waals surface area contributed by atoms with Gasteiger partial charge in [0.1, 0.15) is 0 Å². The second-order valence-electron chi connectivity index (χ2n) is 5.92. The Morgan fingerprint density at radius 2 is 2.26 bits per heavy atom. The Bertz CT molecular complexity index is 926. The maximum absolute atomic E-state index is 12.7. The first kappa shape index (κ1) is 14.1. The number of aryl methyl sites for hydroxylation is 3. The van der Waals surface area contributed by atoms with Gasteiger partial charge in [-0.3, -0.25) is 4.79 Å². The Labute approximate surface area is 133 Å². The van der Waals surface area contributed by atoms with Crippen molar-refractivity contribution in [3.05, 3.63) is 57.5 Å². The molecular formula is C17H18N4O2. The lowest BCUT2D eigenvalue weighted by Crippen LogP contribution is -2.29. The number of benzene rings is 1. The lowest BCUT2D eigenvalue weighted by molar-refractivity contribution is 0.364. The van der Waals surface area contributed by atoms with E-state index in [1.54, 1.807) is 6.92 Å². The molecule has 4 rings (SSSR count). The average molecular weight is 310 g/mol. The second-order valence-corrected chi connectivity index (χ2v) is 5.92. The lowest BCUT2D eigenvalue weighted by Gasteiger charge is -2.20. The van der Waals surface area contributed by atoms with E-state index < -0.39 is 0 Å². The molecule has 0 saturated heterocycles. The van der Waals surface area contributed by atoms with Gasteiger partial charge in [-0.05, 0) is 36.8 Å². The molecule has 0 unspecified atom stereocenters. The van der Waals surface area contributed by atoms with Crippen LogP contribution in [0.5, 0.6) is 0 Å². The van der Waals surface area contributed by atoms with E-state index in [1.807, 2.05) is 10.6 Å². The van der Waals surface area contributed by atoms with Crippen LogP contribution < -0.4 is 10.9 Å². The molecule has 6 heteroatoms. The zero-order valence-corrected chi connectivity index (χ0v) is 13.0. The molecule has 1 N–H and O–H groups in total. The Kier molecular flexibility index (Phi) is 3.46. The van der Waals surface area contributed by atoms with E-state index >= 15 is 0 Å². The van der Waals surface area contributed by atoms with Gasteiger partial charge in [-0.15, -0.1) is 0 Å². The number of nitrogens with zero attached hydrogens (tertiary/aromatic N) is 3. The van der Waals surface area contributed by atoms with Crippen molar-refractivity contribution in [2.24, 2.45) is 0 Å². The van der Waals surface area contributed by atoms with Crippen LogP contribution >= 0.6 is 0 Å². The van der Waals surface area contributed by atoms with E-state index in [0.717, 1.165) is 35.9 Å². The van der Waals surface area contributed by atoms with Gasteiger partial charge in [0.15, 0.2) is 5.82 Å². The molecule has 118 valence electrons. The minimum absolute atomic E-state index is 0.0962. The monoisotopic (exact) mass is 310 g/mol. The van der Waals surface area contributed by atoms with Crippen molar-refractivity contribution in [2.75, 3.05) is 0 Å². The van der Waals surface area contributed by atoms with E-state index in [9.17, 15) is 4.79 Å². The summed E-state index contributed by atoms with van der Waals surface area (Å²) in [6.07, 6.45) is 2.06. The first-order chi connectivity index (χ1) is 11.2. The SMILES string of the molecule is Cc1noc(CNCc2cc3cccc4c3n(c2=O)CCC4)n1. The molecule has 3 aromatic rings. The highest BCUT2D eigenvalue weighted by atomic mass is 16.5. The molecule has 6 nitrogen and oxygen atoms in total. The fraction of sp³-hybridized carbons (Fsp3) is 0.353. The number of pyridine rings is 1. The number of aromatic nitrogens is 3. The molecule has 0 saturated carbocycles. The van der Waals surface area contributed by atoms with Crippen LogP contribution in [-0.4, -0.2) is 14.7 Å². The van der Waals surface area contributed by atoms with Gasteiger partial charge in [0, 0.05) is 18.7 Å². The van der Waals surface area contributed by atoms with Crippen molar-refractivity contribution in [3.63, 3.8) is 0 Å². The van der Waals surface area contributed by atoms with Crippen molar-refractivity contribution >= 4 is 10.9 Å². The molecule has 1 aliphatic heterocycles. The van der Waals surface area contributed by atoms with Gasteiger partial charge in [0.05, 0.1) is 12.1 Å². The number of nitrogens with one attached hydrogen (secondary N) is 1. The first-order valence-electron chi connectivity index (χ1n) is 7.86. The van der Waals surface area contributed by atoms with Gasteiger partial charge >= 0.3 is 0 Å². The van der Waals surface area contributed by atoms with E-state index in [0.29, 0.717) is 24.8 Å². The summed E-state index contributed by atoms with van der Waals surface area (Å²) in [6, 6.07) is 8.25. The lowest BCUT2D eigenvalue weighted by atomic mass is 10.00. The van der Waals surface area contributed by atoms with Crippen LogP contribution in [0.25, 0.3) is 10.9 Å². The van der Waals surface area contributed by atoms with Crippen LogP contribution in [-0.2, 0) is 26.1 Å². The minimum Gasteiger partial charge on any atom is -0.338 e. The van der Waals surface area contributed by atoms with Gasteiger partial charge < -0.3 is 14.4 Å². The topological polar surface area (TPSA) is 73.0 Å². The van der Waals surface area contributed by atoms with Crippen molar-refractivity contribution in [2.45, 2.75) is 39.4 Å². The summed E-state index contributed by atoms with van der Waals surface area (Å²) in [7, 11) is 0. The summed E-state index contributed by atoms with van der Waals surface area (Å²) in [6.45, 7) is 3.52. The highest BCUT2D eigenvalue weighted by Crippen LogP contribution is 2.23. The molecule has 0 spiro atoms. The maximum Gasteiger partial charge on any atom is 0.255 e. The zero-order valence-electron chi connectivity index (χ0n) is 13.0. The molecule has 3 heterocycles. The molecule has 0 aliphatic carbocycles. The maximum atomic E-state index is 12.7. The third-order valence-electron chi connectivity index (χ3n) is 4.26. The quantitative estimate of drug-likeness (QED) is 0.797. The highest BCUT2D eigenvalue weighted by Gasteiger charge is 2.16. The van der Waals surface area contributed by atoms with Gasteiger partial charge in [-0.1, -0.05) is 23.4 Å². The molecule has 0 atom stereocenters. The molecule has 1 aliphatic rings. The molecular weight excluding hydrogens is 292 g/mol. The largest absolute Gasteiger partial charge is 0.338 e. The fourth-order valence-electron chi connectivity index (χ4n) is 3.27.